The molecule has 0 radical (unpaired) electrons. The maximum atomic E-state index is 5.65. The molecule has 0 aliphatic rings. The van der Waals surface area contributed by atoms with E-state index >= 15 is 0 Å². The van der Waals surface area contributed by atoms with Crippen molar-refractivity contribution in [2.75, 3.05) is 6.61 Å². The lowest BCUT2D eigenvalue weighted by Crippen LogP contribution is -2.26. The molecule has 2 atom stereocenters. The summed E-state index contributed by atoms with van der Waals surface area (Å²) in [7, 11) is 0. The Morgan fingerprint density at radius 1 is 1.53 bits per heavy atom. The maximum absolute atomic E-state index is 5.65. The van der Waals surface area contributed by atoms with Crippen molar-refractivity contribution in [3.8, 4) is 0 Å². The average molecular weight is 213 g/mol. The largest absolute Gasteiger partial charge is 0.367 e. The number of hydrogen-bond acceptors (Lipinski definition) is 5. The Balaban J connectivity index is 2.92. The van der Waals surface area contributed by atoms with E-state index in [-0.39, 0.29) is 6.04 Å². The molecule has 2 unspecified atom stereocenters. The lowest BCUT2D eigenvalue weighted by molar-refractivity contribution is -0.0403. The van der Waals surface area contributed by atoms with Gasteiger partial charge in [0, 0.05) is 6.61 Å². The predicted molar refractivity (Wildman–Crippen MR) is 56.2 cm³/mol. The van der Waals surface area contributed by atoms with Gasteiger partial charge in [0.1, 0.15) is 5.60 Å². The van der Waals surface area contributed by atoms with Gasteiger partial charge in [0.25, 0.3) is 0 Å². The first-order valence-corrected chi connectivity index (χ1v) is 5.27. The van der Waals surface area contributed by atoms with Crippen molar-refractivity contribution in [3.63, 3.8) is 0 Å². The Morgan fingerprint density at radius 3 is 2.60 bits per heavy atom. The fourth-order valence-corrected chi connectivity index (χ4v) is 1.28. The minimum Gasteiger partial charge on any atom is -0.367 e. The normalized spacial score (nSPS) is 17.4. The number of aromatic nitrogens is 2. The van der Waals surface area contributed by atoms with E-state index in [9.17, 15) is 0 Å². The van der Waals surface area contributed by atoms with Gasteiger partial charge in [-0.05, 0) is 27.2 Å². The van der Waals surface area contributed by atoms with Gasteiger partial charge in [-0.3, -0.25) is 0 Å². The van der Waals surface area contributed by atoms with Gasteiger partial charge >= 0.3 is 0 Å². The molecule has 0 aliphatic carbocycles. The second-order valence-electron chi connectivity index (χ2n) is 3.76. The van der Waals surface area contributed by atoms with Gasteiger partial charge in [0.05, 0.1) is 6.04 Å². The van der Waals surface area contributed by atoms with Gasteiger partial charge in [-0.15, -0.1) is 0 Å². The zero-order valence-electron chi connectivity index (χ0n) is 9.78. The Labute approximate surface area is 90.0 Å². The highest BCUT2D eigenvalue weighted by molar-refractivity contribution is 5.00. The van der Waals surface area contributed by atoms with Gasteiger partial charge in [-0.25, -0.2) is 0 Å². The molecule has 0 fully saturated rings. The second-order valence-corrected chi connectivity index (χ2v) is 3.76. The molecule has 0 aromatic carbocycles. The van der Waals surface area contributed by atoms with Crippen LogP contribution >= 0.6 is 0 Å². The van der Waals surface area contributed by atoms with Gasteiger partial charge < -0.3 is 15.0 Å². The minimum absolute atomic E-state index is 0.242. The van der Waals surface area contributed by atoms with E-state index < -0.39 is 5.60 Å². The Bertz CT molecular complexity index is 311. The van der Waals surface area contributed by atoms with Gasteiger partial charge in [0.2, 0.25) is 11.7 Å². The molecule has 15 heavy (non-hydrogen) atoms. The van der Waals surface area contributed by atoms with Crippen LogP contribution in [0.4, 0.5) is 0 Å². The number of ether oxygens (including phenoxy) is 1. The summed E-state index contributed by atoms with van der Waals surface area (Å²) < 4.78 is 10.7. The van der Waals surface area contributed by atoms with Crippen LogP contribution in [-0.4, -0.2) is 16.7 Å². The summed E-state index contributed by atoms with van der Waals surface area (Å²) in [6.45, 7) is 8.35. The third-order valence-electron chi connectivity index (χ3n) is 2.44. The molecule has 0 amide bonds. The van der Waals surface area contributed by atoms with E-state index in [4.69, 9.17) is 15.0 Å². The van der Waals surface area contributed by atoms with Crippen LogP contribution in [0.15, 0.2) is 4.52 Å². The van der Waals surface area contributed by atoms with E-state index in [2.05, 4.69) is 10.1 Å². The topological polar surface area (TPSA) is 74.2 Å². The molecule has 1 aromatic rings. The fraction of sp³-hybridized carbons (Fsp3) is 0.800. The lowest BCUT2D eigenvalue weighted by atomic mass is 10.0. The highest BCUT2D eigenvalue weighted by Gasteiger charge is 2.31. The third-order valence-corrected chi connectivity index (χ3v) is 2.44. The summed E-state index contributed by atoms with van der Waals surface area (Å²) in [5.41, 5.74) is 5.17. The molecule has 1 heterocycles. The van der Waals surface area contributed by atoms with Crippen molar-refractivity contribution >= 4 is 0 Å². The van der Waals surface area contributed by atoms with Crippen LogP contribution in [0, 0.1) is 0 Å². The molecule has 5 heteroatoms. The van der Waals surface area contributed by atoms with Crippen LogP contribution in [0.1, 0.15) is 51.9 Å². The average Bonchev–Trinajstić information content (AvgIpc) is 2.67. The highest BCUT2D eigenvalue weighted by Crippen LogP contribution is 2.26. The van der Waals surface area contributed by atoms with Crippen LogP contribution in [-0.2, 0) is 10.3 Å². The molecule has 0 spiro atoms. The van der Waals surface area contributed by atoms with E-state index in [0.29, 0.717) is 18.3 Å². The second kappa shape index (κ2) is 4.72. The molecule has 2 N–H and O–H groups in total. The molecule has 1 aromatic heterocycles. The summed E-state index contributed by atoms with van der Waals surface area (Å²) in [6, 6.07) is -0.242. The van der Waals surface area contributed by atoms with Crippen LogP contribution in [0.25, 0.3) is 0 Å². The summed E-state index contributed by atoms with van der Waals surface area (Å²) in [4.78, 5) is 4.24. The number of nitrogens with zero attached hydrogens (tertiary/aromatic N) is 2. The smallest absolute Gasteiger partial charge is 0.243 e. The van der Waals surface area contributed by atoms with Crippen LogP contribution in [0.3, 0.4) is 0 Å². The van der Waals surface area contributed by atoms with Crippen molar-refractivity contribution < 1.29 is 9.26 Å². The molecular formula is C10H19N3O2. The molecule has 5 nitrogen and oxygen atoms in total. The first-order chi connectivity index (χ1) is 7.03. The maximum Gasteiger partial charge on any atom is 0.243 e. The highest BCUT2D eigenvalue weighted by atomic mass is 16.5. The van der Waals surface area contributed by atoms with Gasteiger partial charge in [-0.1, -0.05) is 12.1 Å². The van der Waals surface area contributed by atoms with Crippen LogP contribution in [0.2, 0.25) is 0 Å². The summed E-state index contributed by atoms with van der Waals surface area (Å²) in [6.07, 6.45) is 0.790. The summed E-state index contributed by atoms with van der Waals surface area (Å²) in [5.74, 6) is 1.02. The minimum atomic E-state index is -0.481. The first-order valence-electron chi connectivity index (χ1n) is 5.27. The Morgan fingerprint density at radius 2 is 2.20 bits per heavy atom. The molecule has 86 valence electrons. The molecule has 1 rings (SSSR count). The summed E-state index contributed by atoms with van der Waals surface area (Å²) >= 11 is 0. The quantitative estimate of drug-likeness (QED) is 0.806. The Hall–Kier alpha value is -0.940. The standard InChI is InChI=1S/C10H19N3O2/c1-5-10(4,14-6-2)9-12-8(7(3)11)15-13-9/h7H,5-6,11H2,1-4H3. The van der Waals surface area contributed by atoms with Crippen LogP contribution in [0.5, 0.6) is 0 Å². The van der Waals surface area contributed by atoms with E-state index in [0.717, 1.165) is 6.42 Å². The van der Waals surface area contributed by atoms with Crippen molar-refractivity contribution in [1.29, 1.82) is 0 Å². The van der Waals surface area contributed by atoms with E-state index in [1.807, 2.05) is 20.8 Å². The Kier molecular flexibility index (Phi) is 3.82. The number of hydrogen-bond donors (Lipinski definition) is 1. The zero-order chi connectivity index (χ0) is 11.5. The van der Waals surface area contributed by atoms with Gasteiger partial charge in [-0.2, -0.15) is 4.98 Å². The molecule has 0 saturated carbocycles. The molecule has 0 aliphatic heterocycles. The zero-order valence-corrected chi connectivity index (χ0v) is 9.78. The molecule has 0 saturated heterocycles. The predicted octanol–water partition coefficient (Wildman–Crippen LogP) is 1.75. The van der Waals surface area contributed by atoms with Crippen molar-refractivity contribution in [1.82, 2.24) is 10.1 Å². The third kappa shape index (κ3) is 2.54. The number of rotatable bonds is 5. The fourth-order valence-electron chi connectivity index (χ4n) is 1.28. The van der Waals surface area contributed by atoms with Crippen LogP contribution < -0.4 is 5.73 Å². The van der Waals surface area contributed by atoms with Crippen molar-refractivity contribution in [2.45, 2.75) is 45.8 Å². The van der Waals surface area contributed by atoms with Crippen molar-refractivity contribution in [2.24, 2.45) is 5.73 Å². The lowest BCUT2D eigenvalue weighted by Gasteiger charge is -2.23. The first kappa shape index (κ1) is 12.1. The van der Waals surface area contributed by atoms with Gasteiger partial charge in [0.15, 0.2) is 0 Å². The van der Waals surface area contributed by atoms with E-state index in [1.165, 1.54) is 0 Å². The van der Waals surface area contributed by atoms with E-state index in [1.54, 1.807) is 6.92 Å². The molecular weight excluding hydrogens is 194 g/mol. The molecule has 0 bridgehead atoms. The number of nitrogens with two attached hydrogens (primary N) is 1. The monoisotopic (exact) mass is 213 g/mol. The van der Waals surface area contributed by atoms with Crippen molar-refractivity contribution in [3.05, 3.63) is 11.7 Å². The summed E-state index contributed by atoms with van der Waals surface area (Å²) in [5, 5.41) is 3.91. The SMILES string of the molecule is CCOC(C)(CC)c1noc(C(C)N)n1.